The summed E-state index contributed by atoms with van der Waals surface area (Å²) >= 11 is 0. The molecule has 374 valence electrons. The van der Waals surface area contributed by atoms with Crippen LogP contribution in [0, 0.1) is 0 Å². The maximum Gasteiger partial charge on any atom is 0.472 e. The van der Waals surface area contributed by atoms with Gasteiger partial charge in [0.1, 0.15) is 42.7 Å². The number of ether oxygens (including phenoxy) is 2. The molecule has 0 aromatic rings. The highest BCUT2D eigenvalue weighted by Crippen LogP contribution is 2.47. The molecule has 0 aliphatic heterocycles. The summed E-state index contributed by atoms with van der Waals surface area (Å²) in [6, 6.07) is 0. The Hall–Kier alpha value is -0.920. The van der Waals surface area contributed by atoms with E-state index >= 15 is 0 Å². The number of unbranched alkanes of at least 4 members (excludes halogenated alkanes) is 31. The number of carbonyl (C=O) groups is 1. The Morgan fingerprint density at radius 1 is 0.492 bits per heavy atom. The van der Waals surface area contributed by atoms with Gasteiger partial charge in [-0.15, -0.1) is 0 Å². The first kappa shape index (κ1) is 60.1. The number of rotatable bonds is 45. The molecule has 63 heavy (non-hydrogen) atoms. The van der Waals surface area contributed by atoms with Gasteiger partial charge < -0.3 is 39.9 Å². The molecule has 6 atom stereocenters. The van der Waals surface area contributed by atoms with Gasteiger partial charge in [-0.05, 0) is 38.5 Å². The first-order chi connectivity index (χ1) is 30.5. The van der Waals surface area contributed by atoms with Gasteiger partial charge in [-0.25, -0.2) is 4.57 Å². The minimum atomic E-state index is -5.02. The monoisotopic (exact) mass is 921 g/mol. The standard InChI is InChI=1S/C50H97O12P/c1-3-5-7-9-11-13-15-17-19-20-21-22-23-24-25-27-29-31-33-35-37-39-44(51)61-43(42-60-63(57,58)62-50-48(55)46(53)45(52)47(54)49(50)56)41-59-40-38-36-34-32-30-28-26-18-16-14-12-10-8-6-4-2/h20-21,43,45-50,52-56H,3-19,22-42H2,1-2H3,(H,57,58)/b21-20-. The second-order valence-electron chi connectivity index (χ2n) is 18.4. The number of carbonyl (C=O) groups excluding carboxylic acids is 1. The quantitative estimate of drug-likeness (QED) is 0.0147. The molecule has 1 rings (SSSR count). The van der Waals surface area contributed by atoms with E-state index in [9.17, 15) is 39.8 Å². The number of phosphoric ester groups is 1. The molecule has 1 aliphatic rings. The Kier molecular flexibility index (Phi) is 39.4. The summed E-state index contributed by atoms with van der Waals surface area (Å²) in [6.45, 7) is 4.30. The Balaban J connectivity index is 2.32. The summed E-state index contributed by atoms with van der Waals surface area (Å²) in [6.07, 6.45) is 34.2. The number of phosphoric acid groups is 1. The summed E-state index contributed by atoms with van der Waals surface area (Å²) < 4.78 is 34.3. The predicted molar refractivity (Wildman–Crippen MR) is 253 cm³/mol. The van der Waals surface area contributed by atoms with Gasteiger partial charge in [0.15, 0.2) is 0 Å². The molecule has 1 saturated carbocycles. The van der Waals surface area contributed by atoms with Crippen LogP contribution in [0.5, 0.6) is 0 Å². The number of hydrogen-bond donors (Lipinski definition) is 6. The molecule has 0 heterocycles. The van der Waals surface area contributed by atoms with Crippen molar-refractivity contribution in [2.75, 3.05) is 19.8 Å². The predicted octanol–water partition coefficient (Wildman–Crippen LogP) is 11.5. The van der Waals surface area contributed by atoms with Crippen LogP contribution < -0.4 is 0 Å². The highest BCUT2D eigenvalue weighted by molar-refractivity contribution is 7.47. The van der Waals surface area contributed by atoms with Crippen LogP contribution in [-0.2, 0) is 27.9 Å². The van der Waals surface area contributed by atoms with E-state index in [2.05, 4.69) is 26.0 Å². The zero-order chi connectivity index (χ0) is 46.2. The molecule has 6 N–H and O–H groups in total. The van der Waals surface area contributed by atoms with Crippen molar-refractivity contribution < 1.29 is 58.3 Å². The summed E-state index contributed by atoms with van der Waals surface area (Å²) in [7, 11) is -5.02. The lowest BCUT2D eigenvalue weighted by atomic mass is 9.85. The largest absolute Gasteiger partial charge is 0.472 e. The molecule has 0 amide bonds. The van der Waals surface area contributed by atoms with Crippen molar-refractivity contribution in [2.24, 2.45) is 0 Å². The van der Waals surface area contributed by atoms with E-state index in [1.54, 1.807) is 0 Å². The van der Waals surface area contributed by atoms with Crippen LogP contribution in [0.2, 0.25) is 0 Å². The molecular weight excluding hydrogens is 824 g/mol. The van der Waals surface area contributed by atoms with E-state index in [1.165, 1.54) is 173 Å². The molecule has 0 spiro atoms. The van der Waals surface area contributed by atoms with Crippen LogP contribution >= 0.6 is 7.82 Å². The molecule has 6 unspecified atom stereocenters. The van der Waals surface area contributed by atoms with Crippen molar-refractivity contribution in [3.63, 3.8) is 0 Å². The van der Waals surface area contributed by atoms with Crippen LogP contribution in [0.15, 0.2) is 12.2 Å². The highest BCUT2D eigenvalue weighted by atomic mass is 31.2. The molecule has 0 aromatic carbocycles. The van der Waals surface area contributed by atoms with Gasteiger partial charge in [0.2, 0.25) is 0 Å². The normalized spacial score (nSPS) is 21.8. The van der Waals surface area contributed by atoms with E-state index in [1.807, 2.05) is 0 Å². The zero-order valence-electron chi connectivity index (χ0n) is 40.1. The molecule has 0 saturated heterocycles. The van der Waals surface area contributed by atoms with E-state index in [4.69, 9.17) is 18.5 Å². The molecule has 12 nitrogen and oxygen atoms in total. The highest BCUT2D eigenvalue weighted by Gasteiger charge is 2.51. The van der Waals surface area contributed by atoms with Crippen molar-refractivity contribution in [2.45, 2.75) is 281 Å². The summed E-state index contributed by atoms with van der Waals surface area (Å²) in [5, 5.41) is 50.3. The Labute approximate surface area is 384 Å². The van der Waals surface area contributed by atoms with Crippen LogP contribution in [0.1, 0.15) is 239 Å². The molecule has 0 aromatic heterocycles. The van der Waals surface area contributed by atoms with Gasteiger partial charge >= 0.3 is 13.8 Å². The zero-order valence-corrected chi connectivity index (χ0v) is 41.0. The molecular formula is C50H97O12P. The van der Waals surface area contributed by atoms with Crippen molar-refractivity contribution >= 4 is 13.8 Å². The van der Waals surface area contributed by atoms with Crippen LogP contribution in [-0.4, -0.2) is 98.9 Å². The van der Waals surface area contributed by atoms with E-state index in [0.717, 1.165) is 38.5 Å². The van der Waals surface area contributed by atoms with Gasteiger partial charge in [-0.2, -0.15) is 0 Å². The van der Waals surface area contributed by atoms with Gasteiger partial charge in [-0.3, -0.25) is 13.8 Å². The van der Waals surface area contributed by atoms with E-state index < -0.39 is 63.1 Å². The maximum absolute atomic E-state index is 12.8. The topological polar surface area (TPSA) is 192 Å². The van der Waals surface area contributed by atoms with Crippen molar-refractivity contribution in [1.29, 1.82) is 0 Å². The van der Waals surface area contributed by atoms with Gasteiger partial charge in [0.05, 0.1) is 13.2 Å². The summed E-state index contributed by atoms with van der Waals surface area (Å²) in [4.78, 5) is 23.2. The van der Waals surface area contributed by atoms with E-state index in [0.29, 0.717) is 13.0 Å². The Morgan fingerprint density at radius 3 is 1.25 bits per heavy atom. The molecule has 1 aliphatic carbocycles. The van der Waals surface area contributed by atoms with Crippen LogP contribution in [0.25, 0.3) is 0 Å². The second kappa shape index (κ2) is 41.3. The Bertz CT molecular complexity index is 1100. The van der Waals surface area contributed by atoms with Crippen LogP contribution in [0.3, 0.4) is 0 Å². The summed E-state index contributed by atoms with van der Waals surface area (Å²) in [5.41, 5.74) is 0. The van der Waals surface area contributed by atoms with Crippen molar-refractivity contribution in [1.82, 2.24) is 0 Å². The SMILES string of the molecule is CCCCCCCCCC/C=C\CCCCCCCCCCCC(=O)OC(COCCCCCCCCCCCCCCCCC)COP(=O)(O)OC1C(O)C(O)C(O)C(O)C1O. The lowest BCUT2D eigenvalue weighted by Crippen LogP contribution is -2.64. The fraction of sp³-hybridized carbons (Fsp3) is 0.940. The first-order valence-electron chi connectivity index (χ1n) is 26.0. The maximum atomic E-state index is 12.8. The fourth-order valence-electron chi connectivity index (χ4n) is 8.23. The molecule has 1 fully saturated rings. The Morgan fingerprint density at radius 2 is 0.841 bits per heavy atom. The molecule has 0 radical (unpaired) electrons. The van der Waals surface area contributed by atoms with Crippen molar-refractivity contribution in [3.8, 4) is 0 Å². The average molecular weight is 921 g/mol. The van der Waals surface area contributed by atoms with E-state index in [-0.39, 0.29) is 13.0 Å². The number of esters is 1. The third-order valence-corrected chi connectivity index (χ3v) is 13.4. The lowest BCUT2D eigenvalue weighted by Gasteiger charge is -2.41. The fourth-order valence-corrected chi connectivity index (χ4v) is 9.21. The minimum Gasteiger partial charge on any atom is -0.457 e. The smallest absolute Gasteiger partial charge is 0.457 e. The third-order valence-electron chi connectivity index (χ3n) is 12.4. The summed E-state index contributed by atoms with van der Waals surface area (Å²) in [5.74, 6) is -0.474. The molecule has 0 bridgehead atoms. The lowest BCUT2D eigenvalue weighted by molar-refractivity contribution is -0.220. The van der Waals surface area contributed by atoms with Crippen molar-refractivity contribution in [3.05, 3.63) is 12.2 Å². The van der Waals surface area contributed by atoms with Gasteiger partial charge in [-0.1, -0.05) is 206 Å². The number of hydrogen-bond acceptors (Lipinski definition) is 11. The van der Waals surface area contributed by atoms with Gasteiger partial charge in [0.25, 0.3) is 0 Å². The number of aliphatic hydroxyl groups excluding tert-OH is 5. The average Bonchev–Trinajstić information content (AvgIpc) is 3.27. The van der Waals surface area contributed by atoms with Gasteiger partial charge in [0, 0.05) is 13.0 Å². The molecule has 13 heteroatoms. The van der Waals surface area contributed by atoms with Crippen LogP contribution in [0.4, 0.5) is 0 Å². The second-order valence-corrected chi connectivity index (χ2v) is 19.8. The first-order valence-corrected chi connectivity index (χ1v) is 27.5. The number of allylic oxidation sites excluding steroid dienone is 2. The minimum absolute atomic E-state index is 0.0712. The number of aliphatic hydroxyl groups is 5. The third kappa shape index (κ3) is 33.2.